The smallest absolute Gasteiger partial charge is 0.240 e. The summed E-state index contributed by atoms with van der Waals surface area (Å²) in [6, 6.07) is 11.8. The molecule has 2 N–H and O–H groups in total. The summed E-state index contributed by atoms with van der Waals surface area (Å²) in [6.07, 6.45) is 3.90. The van der Waals surface area contributed by atoms with Crippen molar-refractivity contribution in [3.63, 3.8) is 0 Å². The molecule has 2 atom stereocenters. The summed E-state index contributed by atoms with van der Waals surface area (Å²) < 4.78 is 5.21. The number of nitrogens with two attached hydrogens (primary N) is 1. The fraction of sp³-hybridized carbons (Fsp3) is 0.316. The molecule has 0 radical (unpaired) electrons. The van der Waals surface area contributed by atoms with Crippen LogP contribution in [0.1, 0.15) is 23.8 Å². The van der Waals surface area contributed by atoms with E-state index in [2.05, 4.69) is 32.2 Å². The Morgan fingerprint density at radius 3 is 2.67 bits per heavy atom. The molecular formula is C19H20N6O2. The van der Waals surface area contributed by atoms with Crippen molar-refractivity contribution in [2.45, 2.75) is 24.8 Å². The first kappa shape index (κ1) is 17.3. The van der Waals surface area contributed by atoms with Gasteiger partial charge in [-0.25, -0.2) is 9.97 Å². The van der Waals surface area contributed by atoms with Crippen LogP contribution in [0.15, 0.2) is 53.3 Å². The van der Waals surface area contributed by atoms with Gasteiger partial charge in [0.2, 0.25) is 23.4 Å². The van der Waals surface area contributed by atoms with E-state index >= 15 is 0 Å². The zero-order chi connectivity index (χ0) is 18.6. The average Bonchev–Trinajstić information content (AvgIpc) is 3.34. The molecule has 8 nitrogen and oxygen atoms in total. The molecule has 1 fully saturated rings. The van der Waals surface area contributed by atoms with Gasteiger partial charge in [-0.1, -0.05) is 35.5 Å². The number of carbonyl (C=O) groups is 1. The lowest BCUT2D eigenvalue weighted by Gasteiger charge is -2.16. The Balaban J connectivity index is 1.34. The maximum atomic E-state index is 12.6. The monoisotopic (exact) mass is 364 g/mol. The summed E-state index contributed by atoms with van der Waals surface area (Å²) in [7, 11) is 0. The highest BCUT2D eigenvalue weighted by molar-refractivity contribution is 5.77. The summed E-state index contributed by atoms with van der Waals surface area (Å²) >= 11 is 0. The van der Waals surface area contributed by atoms with Crippen LogP contribution >= 0.6 is 0 Å². The van der Waals surface area contributed by atoms with Crippen LogP contribution in [0.2, 0.25) is 0 Å². The fourth-order valence-corrected chi connectivity index (χ4v) is 3.32. The highest BCUT2D eigenvalue weighted by atomic mass is 16.5. The minimum atomic E-state index is -0.0541. The Labute approximate surface area is 156 Å². The number of carbonyl (C=O) groups excluding carboxylic acids is 1. The van der Waals surface area contributed by atoms with Crippen LogP contribution in [0.4, 0.5) is 0 Å². The highest BCUT2D eigenvalue weighted by Gasteiger charge is 2.33. The topological polar surface area (TPSA) is 111 Å². The van der Waals surface area contributed by atoms with E-state index in [4.69, 9.17) is 10.3 Å². The van der Waals surface area contributed by atoms with E-state index < -0.39 is 0 Å². The molecule has 1 saturated heterocycles. The minimum Gasteiger partial charge on any atom is -0.340 e. The van der Waals surface area contributed by atoms with Gasteiger partial charge in [0.1, 0.15) is 0 Å². The molecule has 0 spiro atoms. The quantitative estimate of drug-likeness (QED) is 0.728. The van der Waals surface area contributed by atoms with Gasteiger partial charge in [-0.2, -0.15) is 4.98 Å². The normalized spacial score (nSPS) is 19.4. The van der Waals surface area contributed by atoms with Gasteiger partial charge >= 0.3 is 0 Å². The largest absolute Gasteiger partial charge is 0.340 e. The molecule has 0 bridgehead atoms. The molecule has 0 aliphatic carbocycles. The van der Waals surface area contributed by atoms with Crippen molar-refractivity contribution in [2.24, 2.45) is 5.73 Å². The molecular weight excluding hydrogens is 344 g/mol. The van der Waals surface area contributed by atoms with E-state index in [1.807, 2.05) is 23.1 Å². The number of amides is 1. The van der Waals surface area contributed by atoms with Gasteiger partial charge in [0.25, 0.3) is 0 Å². The number of hydrogen-bond donors (Lipinski definition) is 1. The zero-order valence-corrected chi connectivity index (χ0v) is 14.7. The maximum absolute atomic E-state index is 12.6. The van der Waals surface area contributed by atoms with Gasteiger partial charge < -0.3 is 15.2 Å². The second-order valence-electron chi connectivity index (χ2n) is 6.56. The number of nitrogens with zero attached hydrogens (tertiary/aromatic N) is 5. The van der Waals surface area contributed by atoms with Crippen molar-refractivity contribution in [3.8, 4) is 11.6 Å². The Hall–Kier alpha value is -3.13. The Morgan fingerprint density at radius 2 is 1.89 bits per heavy atom. The third-order valence-electron chi connectivity index (χ3n) is 4.73. The van der Waals surface area contributed by atoms with Gasteiger partial charge in [0.15, 0.2) is 0 Å². The lowest BCUT2D eigenvalue weighted by atomic mass is 9.95. The lowest BCUT2D eigenvalue weighted by molar-refractivity contribution is -0.130. The maximum Gasteiger partial charge on any atom is 0.240 e. The predicted octanol–water partition coefficient (Wildman–Crippen LogP) is 1.41. The molecule has 0 unspecified atom stereocenters. The van der Waals surface area contributed by atoms with E-state index in [0.717, 1.165) is 0 Å². The van der Waals surface area contributed by atoms with Gasteiger partial charge in [-0.3, -0.25) is 4.79 Å². The van der Waals surface area contributed by atoms with Gasteiger partial charge in [0, 0.05) is 50.3 Å². The third-order valence-corrected chi connectivity index (χ3v) is 4.73. The van der Waals surface area contributed by atoms with Crippen LogP contribution in [0.3, 0.4) is 0 Å². The average molecular weight is 364 g/mol. The zero-order valence-electron chi connectivity index (χ0n) is 14.7. The number of hydrogen-bond acceptors (Lipinski definition) is 7. The van der Waals surface area contributed by atoms with Crippen molar-refractivity contribution in [2.75, 3.05) is 13.1 Å². The van der Waals surface area contributed by atoms with Gasteiger partial charge in [-0.05, 0) is 11.6 Å². The summed E-state index contributed by atoms with van der Waals surface area (Å²) in [5, 5.41) is 3.87. The minimum absolute atomic E-state index is 0.0413. The predicted molar refractivity (Wildman–Crippen MR) is 97.4 cm³/mol. The van der Waals surface area contributed by atoms with Crippen molar-refractivity contribution >= 4 is 5.91 Å². The third kappa shape index (κ3) is 3.85. The SMILES string of the molecule is N[C@@H]1CN(C(=O)CCc2nc(-c3ncccn3)no2)C[C@H]1c1ccccc1. The number of benzene rings is 1. The second kappa shape index (κ2) is 7.63. The first-order chi connectivity index (χ1) is 13.2. The highest BCUT2D eigenvalue weighted by Crippen LogP contribution is 2.26. The van der Waals surface area contributed by atoms with Crippen molar-refractivity contribution in [1.82, 2.24) is 25.0 Å². The van der Waals surface area contributed by atoms with Crippen LogP contribution in [-0.4, -0.2) is 50.0 Å². The molecule has 0 saturated carbocycles. The number of aromatic nitrogens is 4. The van der Waals surface area contributed by atoms with E-state index in [0.29, 0.717) is 43.5 Å². The lowest BCUT2D eigenvalue weighted by Crippen LogP contribution is -2.32. The van der Waals surface area contributed by atoms with E-state index in [1.54, 1.807) is 18.5 Å². The summed E-state index contributed by atoms with van der Waals surface area (Å²) in [5.74, 6) is 1.33. The van der Waals surface area contributed by atoms with E-state index in [-0.39, 0.29) is 17.9 Å². The van der Waals surface area contributed by atoms with Crippen molar-refractivity contribution in [1.29, 1.82) is 0 Å². The molecule has 1 amide bonds. The number of aryl methyl sites for hydroxylation is 1. The molecule has 2 aromatic heterocycles. The Morgan fingerprint density at radius 1 is 1.11 bits per heavy atom. The molecule has 3 heterocycles. The molecule has 1 aromatic carbocycles. The first-order valence-corrected chi connectivity index (χ1v) is 8.89. The summed E-state index contributed by atoms with van der Waals surface area (Å²) in [6.45, 7) is 1.20. The molecule has 8 heteroatoms. The van der Waals surface area contributed by atoms with E-state index in [1.165, 1.54) is 5.56 Å². The van der Waals surface area contributed by atoms with Crippen LogP contribution in [-0.2, 0) is 11.2 Å². The standard InChI is InChI=1S/C19H20N6O2/c20-15-12-25(11-14(15)13-5-2-1-3-6-13)17(26)8-7-16-23-19(24-27-16)18-21-9-4-10-22-18/h1-6,9-10,14-15H,7-8,11-12,20H2/t14-,15+/m0/s1. The molecule has 27 heavy (non-hydrogen) atoms. The fourth-order valence-electron chi connectivity index (χ4n) is 3.32. The Bertz CT molecular complexity index is 899. The molecule has 1 aliphatic heterocycles. The number of likely N-dealkylation sites (tertiary alicyclic amines) is 1. The van der Waals surface area contributed by atoms with E-state index in [9.17, 15) is 4.79 Å². The molecule has 1 aliphatic rings. The first-order valence-electron chi connectivity index (χ1n) is 8.89. The molecule has 3 aromatic rings. The molecule has 138 valence electrons. The summed E-state index contributed by atoms with van der Waals surface area (Å²) in [4.78, 5) is 26.8. The summed E-state index contributed by atoms with van der Waals surface area (Å²) in [5.41, 5.74) is 7.44. The van der Waals surface area contributed by atoms with Crippen molar-refractivity contribution in [3.05, 3.63) is 60.2 Å². The van der Waals surface area contributed by atoms with Gasteiger partial charge in [0.05, 0.1) is 0 Å². The van der Waals surface area contributed by atoms with Gasteiger partial charge in [-0.15, -0.1) is 0 Å². The second-order valence-corrected chi connectivity index (χ2v) is 6.56. The van der Waals surface area contributed by atoms with Crippen molar-refractivity contribution < 1.29 is 9.32 Å². The van der Waals surface area contributed by atoms with Crippen LogP contribution in [0.5, 0.6) is 0 Å². The number of rotatable bonds is 5. The van der Waals surface area contributed by atoms with Crippen LogP contribution in [0.25, 0.3) is 11.6 Å². The Kier molecular flexibility index (Phi) is 4.88. The molecule has 4 rings (SSSR count). The van der Waals surface area contributed by atoms with Crippen LogP contribution in [0, 0.1) is 0 Å². The van der Waals surface area contributed by atoms with Crippen LogP contribution < -0.4 is 5.73 Å².